The van der Waals surface area contributed by atoms with E-state index in [0.717, 1.165) is 18.4 Å². The Bertz CT molecular complexity index is 360. The SMILES string of the molecule is C[C@H](NC(=O)NC1CCCC1)c1ccncc1. The van der Waals surface area contributed by atoms with E-state index < -0.39 is 0 Å². The Kier molecular flexibility index (Phi) is 3.96. The molecule has 1 aromatic heterocycles. The number of rotatable bonds is 3. The van der Waals surface area contributed by atoms with Crippen molar-refractivity contribution in [2.45, 2.75) is 44.7 Å². The Morgan fingerprint density at radius 1 is 1.35 bits per heavy atom. The van der Waals surface area contributed by atoms with E-state index in [2.05, 4.69) is 15.6 Å². The summed E-state index contributed by atoms with van der Waals surface area (Å²) in [5.41, 5.74) is 1.07. The Balaban J connectivity index is 1.81. The number of urea groups is 1. The second kappa shape index (κ2) is 5.66. The minimum atomic E-state index is -0.0683. The van der Waals surface area contributed by atoms with E-state index in [1.807, 2.05) is 19.1 Å². The van der Waals surface area contributed by atoms with Gasteiger partial charge in [-0.2, -0.15) is 0 Å². The summed E-state index contributed by atoms with van der Waals surface area (Å²) in [6, 6.07) is 4.14. The summed E-state index contributed by atoms with van der Waals surface area (Å²) in [6.45, 7) is 1.98. The third-order valence-electron chi connectivity index (χ3n) is 3.24. The van der Waals surface area contributed by atoms with Gasteiger partial charge in [0.1, 0.15) is 0 Å². The minimum Gasteiger partial charge on any atom is -0.335 e. The molecule has 2 N–H and O–H groups in total. The molecule has 1 aliphatic carbocycles. The summed E-state index contributed by atoms with van der Waals surface area (Å²) in [6.07, 6.45) is 8.15. The Morgan fingerprint density at radius 3 is 2.65 bits per heavy atom. The fourth-order valence-corrected chi connectivity index (χ4v) is 2.23. The van der Waals surface area contributed by atoms with Crippen LogP contribution >= 0.6 is 0 Å². The van der Waals surface area contributed by atoms with Gasteiger partial charge in [0.2, 0.25) is 0 Å². The van der Waals surface area contributed by atoms with Crippen LogP contribution < -0.4 is 10.6 Å². The van der Waals surface area contributed by atoms with E-state index in [1.54, 1.807) is 12.4 Å². The Hall–Kier alpha value is -1.58. The lowest BCUT2D eigenvalue weighted by Crippen LogP contribution is -2.41. The summed E-state index contributed by atoms with van der Waals surface area (Å²) in [5, 5.41) is 5.96. The van der Waals surface area contributed by atoms with Crippen molar-refractivity contribution in [2.75, 3.05) is 0 Å². The number of pyridine rings is 1. The van der Waals surface area contributed by atoms with Crippen LogP contribution in [0.25, 0.3) is 0 Å². The number of nitrogens with zero attached hydrogens (tertiary/aromatic N) is 1. The highest BCUT2D eigenvalue weighted by atomic mass is 16.2. The molecule has 1 aliphatic rings. The monoisotopic (exact) mass is 233 g/mol. The molecular weight excluding hydrogens is 214 g/mol. The average molecular weight is 233 g/mol. The molecule has 1 atom stereocenters. The van der Waals surface area contributed by atoms with Crippen LogP contribution in [0.4, 0.5) is 4.79 Å². The smallest absolute Gasteiger partial charge is 0.315 e. The van der Waals surface area contributed by atoms with E-state index >= 15 is 0 Å². The van der Waals surface area contributed by atoms with Crippen molar-refractivity contribution in [1.82, 2.24) is 15.6 Å². The van der Waals surface area contributed by atoms with E-state index in [-0.39, 0.29) is 12.1 Å². The molecule has 0 saturated heterocycles. The molecule has 92 valence electrons. The van der Waals surface area contributed by atoms with Gasteiger partial charge in [0, 0.05) is 18.4 Å². The van der Waals surface area contributed by atoms with Gasteiger partial charge in [-0.25, -0.2) is 4.79 Å². The van der Waals surface area contributed by atoms with E-state index in [4.69, 9.17) is 0 Å². The lowest BCUT2D eigenvalue weighted by Gasteiger charge is -2.17. The van der Waals surface area contributed by atoms with E-state index in [0.29, 0.717) is 6.04 Å². The highest BCUT2D eigenvalue weighted by Crippen LogP contribution is 2.17. The van der Waals surface area contributed by atoms with Gasteiger partial charge >= 0.3 is 6.03 Å². The third-order valence-corrected chi connectivity index (χ3v) is 3.24. The summed E-state index contributed by atoms with van der Waals surface area (Å²) >= 11 is 0. The van der Waals surface area contributed by atoms with E-state index in [9.17, 15) is 4.79 Å². The van der Waals surface area contributed by atoms with Crippen molar-refractivity contribution >= 4 is 6.03 Å². The Morgan fingerprint density at radius 2 is 2.00 bits per heavy atom. The molecule has 0 aliphatic heterocycles. The summed E-state index contributed by atoms with van der Waals surface area (Å²) < 4.78 is 0. The molecule has 1 saturated carbocycles. The predicted molar refractivity (Wildman–Crippen MR) is 66.6 cm³/mol. The topological polar surface area (TPSA) is 54.0 Å². The third kappa shape index (κ3) is 3.44. The van der Waals surface area contributed by atoms with Gasteiger partial charge < -0.3 is 10.6 Å². The van der Waals surface area contributed by atoms with Crippen LogP contribution in [-0.4, -0.2) is 17.1 Å². The minimum absolute atomic E-state index is 0.0133. The molecule has 2 rings (SSSR count). The first kappa shape index (κ1) is 11.9. The van der Waals surface area contributed by atoms with Crippen molar-refractivity contribution in [3.8, 4) is 0 Å². The van der Waals surface area contributed by atoms with Crippen LogP contribution in [0.3, 0.4) is 0 Å². The molecule has 1 aromatic rings. The lowest BCUT2D eigenvalue weighted by atomic mass is 10.1. The van der Waals surface area contributed by atoms with E-state index in [1.165, 1.54) is 12.8 Å². The summed E-state index contributed by atoms with van der Waals surface area (Å²) in [4.78, 5) is 15.7. The maximum absolute atomic E-state index is 11.7. The Labute approximate surface area is 102 Å². The average Bonchev–Trinajstić information content (AvgIpc) is 2.82. The molecule has 4 heteroatoms. The molecule has 0 aromatic carbocycles. The van der Waals surface area contributed by atoms with Gasteiger partial charge in [0.05, 0.1) is 6.04 Å². The molecule has 17 heavy (non-hydrogen) atoms. The van der Waals surface area contributed by atoms with Crippen LogP contribution in [0.5, 0.6) is 0 Å². The first-order valence-corrected chi connectivity index (χ1v) is 6.22. The standard InChI is InChI=1S/C13H19N3O/c1-10(11-6-8-14-9-7-11)15-13(17)16-12-4-2-3-5-12/h6-10,12H,2-5H2,1H3,(H2,15,16,17)/t10-/m0/s1. The number of carbonyl (C=O) groups excluding carboxylic acids is 1. The number of carbonyl (C=O) groups is 1. The van der Waals surface area contributed by atoms with Gasteiger partial charge in [-0.1, -0.05) is 12.8 Å². The van der Waals surface area contributed by atoms with Crippen molar-refractivity contribution in [1.29, 1.82) is 0 Å². The molecule has 1 fully saturated rings. The van der Waals surface area contributed by atoms with Crippen LogP contribution in [0.2, 0.25) is 0 Å². The van der Waals surface area contributed by atoms with Gasteiger partial charge in [0.15, 0.2) is 0 Å². The van der Waals surface area contributed by atoms with Gasteiger partial charge in [-0.3, -0.25) is 4.98 Å². The van der Waals surface area contributed by atoms with Crippen molar-refractivity contribution in [2.24, 2.45) is 0 Å². The van der Waals surface area contributed by atoms with Crippen LogP contribution in [0.1, 0.15) is 44.2 Å². The molecule has 0 bridgehead atoms. The number of amides is 2. The van der Waals surface area contributed by atoms with Crippen LogP contribution in [0, 0.1) is 0 Å². The van der Waals surface area contributed by atoms with Crippen molar-refractivity contribution in [3.05, 3.63) is 30.1 Å². The number of hydrogen-bond acceptors (Lipinski definition) is 2. The lowest BCUT2D eigenvalue weighted by molar-refractivity contribution is 0.234. The highest BCUT2D eigenvalue weighted by molar-refractivity contribution is 5.74. The fraction of sp³-hybridized carbons (Fsp3) is 0.538. The molecule has 2 amide bonds. The number of nitrogens with one attached hydrogen (secondary N) is 2. The maximum Gasteiger partial charge on any atom is 0.315 e. The molecule has 0 spiro atoms. The molecule has 0 unspecified atom stereocenters. The quantitative estimate of drug-likeness (QED) is 0.842. The van der Waals surface area contributed by atoms with Crippen molar-refractivity contribution < 1.29 is 4.79 Å². The second-order valence-electron chi connectivity index (χ2n) is 4.60. The first-order valence-electron chi connectivity index (χ1n) is 6.22. The first-order chi connectivity index (χ1) is 8.25. The highest BCUT2D eigenvalue weighted by Gasteiger charge is 2.18. The second-order valence-corrected chi connectivity index (χ2v) is 4.60. The zero-order chi connectivity index (χ0) is 12.1. The largest absolute Gasteiger partial charge is 0.335 e. The van der Waals surface area contributed by atoms with Crippen LogP contribution in [0.15, 0.2) is 24.5 Å². The van der Waals surface area contributed by atoms with Crippen LogP contribution in [-0.2, 0) is 0 Å². The molecular formula is C13H19N3O. The number of hydrogen-bond donors (Lipinski definition) is 2. The van der Waals surface area contributed by atoms with Crippen molar-refractivity contribution in [3.63, 3.8) is 0 Å². The zero-order valence-electron chi connectivity index (χ0n) is 10.1. The summed E-state index contributed by atoms with van der Waals surface area (Å²) in [5.74, 6) is 0. The number of aromatic nitrogens is 1. The molecule has 1 heterocycles. The van der Waals surface area contributed by atoms with Gasteiger partial charge in [-0.05, 0) is 37.5 Å². The normalized spacial score (nSPS) is 17.7. The zero-order valence-corrected chi connectivity index (χ0v) is 10.1. The van der Waals surface area contributed by atoms with Gasteiger partial charge in [-0.15, -0.1) is 0 Å². The summed E-state index contributed by atoms with van der Waals surface area (Å²) in [7, 11) is 0. The fourth-order valence-electron chi connectivity index (χ4n) is 2.23. The molecule has 0 radical (unpaired) electrons. The maximum atomic E-state index is 11.7. The predicted octanol–water partition coefficient (Wildman–Crippen LogP) is 2.38. The van der Waals surface area contributed by atoms with Gasteiger partial charge in [0.25, 0.3) is 0 Å². The molecule has 4 nitrogen and oxygen atoms in total.